The fourth-order valence-electron chi connectivity index (χ4n) is 3.23. The van der Waals surface area contributed by atoms with E-state index in [1.54, 1.807) is 12.1 Å². The number of carboxylic acids is 1. The van der Waals surface area contributed by atoms with Crippen molar-refractivity contribution in [2.24, 2.45) is 11.8 Å². The summed E-state index contributed by atoms with van der Waals surface area (Å²) in [7, 11) is 0. The molecule has 5 nitrogen and oxygen atoms in total. The molecule has 2 aliphatic heterocycles. The number of amides is 1. The highest BCUT2D eigenvalue weighted by Gasteiger charge is 2.55. The van der Waals surface area contributed by atoms with Gasteiger partial charge in [0.25, 0.3) is 0 Å². The molecule has 0 aromatic heterocycles. The summed E-state index contributed by atoms with van der Waals surface area (Å²) in [5.74, 6) is -3.03. The third-order valence-electron chi connectivity index (χ3n) is 4.24. The summed E-state index contributed by atoms with van der Waals surface area (Å²) in [6.45, 7) is 0.249. The van der Waals surface area contributed by atoms with Crippen LogP contribution >= 0.6 is 0 Å². The summed E-state index contributed by atoms with van der Waals surface area (Å²) in [5, 5.41) is 12.0. The number of hydrogen-bond donors (Lipinski definition) is 2. The second-order valence-corrected chi connectivity index (χ2v) is 5.52. The minimum absolute atomic E-state index is 0.249. The Morgan fingerprint density at radius 2 is 1.81 bits per heavy atom. The van der Waals surface area contributed by atoms with E-state index in [1.165, 1.54) is 12.1 Å². The minimum Gasteiger partial charge on any atom is -0.481 e. The Kier molecular flexibility index (Phi) is 3.63. The molecule has 2 fully saturated rings. The molecule has 112 valence electrons. The van der Waals surface area contributed by atoms with Crippen molar-refractivity contribution in [3.8, 4) is 0 Å². The molecule has 2 saturated heterocycles. The lowest BCUT2D eigenvalue weighted by Gasteiger charge is -2.23. The van der Waals surface area contributed by atoms with Crippen molar-refractivity contribution in [1.29, 1.82) is 0 Å². The topological polar surface area (TPSA) is 75.6 Å². The minimum atomic E-state index is -0.982. The third kappa shape index (κ3) is 2.63. The number of hydrogen-bond acceptors (Lipinski definition) is 3. The van der Waals surface area contributed by atoms with Gasteiger partial charge in [0.2, 0.25) is 5.91 Å². The molecule has 3 rings (SSSR count). The quantitative estimate of drug-likeness (QED) is 0.878. The Morgan fingerprint density at radius 3 is 2.43 bits per heavy atom. The highest BCUT2D eigenvalue weighted by molar-refractivity contribution is 5.86. The number of nitrogens with one attached hydrogen (secondary N) is 1. The number of fused-ring (bicyclic) bond motifs is 2. The molecule has 2 N–H and O–H groups in total. The molecule has 0 unspecified atom stereocenters. The first-order chi connectivity index (χ1) is 10.1. The molecule has 4 atom stereocenters. The van der Waals surface area contributed by atoms with Gasteiger partial charge >= 0.3 is 5.97 Å². The number of carboxylic acid groups (broad SMARTS) is 1. The fraction of sp³-hybridized carbons (Fsp3) is 0.467. The second-order valence-electron chi connectivity index (χ2n) is 5.52. The standard InChI is InChI=1S/C15H16FNO4/c16-9-3-1-8(2-4-9)7-17-14(18)12-10-5-6-11(21-10)13(12)15(19)20/h1-4,10-13H,5-7H2,(H,17,18)(H,19,20)/t10-,11+,12-,13-/m1/s1. The molecule has 0 saturated carbocycles. The van der Waals surface area contributed by atoms with E-state index in [-0.39, 0.29) is 30.5 Å². The summed E-state index contributed by atoms with van der Waals surface area (Å²) in [5.41, 5.74) is 0.765. The lowest BCUT2D eigenvalue weighted by Crippen LogP contribution is -2.43. The summed E-state index contributed by atoms with van der Waals surface area (Å²) in [4.78, 5) is 23.6. The van der Waals surface area contributed by atoms with Gasteiger partial charge in [-0.2, -0.15) is 0 Å². The molecule has 6 heteroatoms. The molecule has 2 aliphatic rings. The average Bonchev–Trinajstić information content (AvgIpc) is 3.06. The van der Waals surface area contributed by atoms with E-state index in [0.717, 1.165) is 12.0 Å². The Morgan fingerprint density at radius 1 is 1.19 bits per heavy atom. The van der Waals surface area contributed by atoms with Gasteiger partial charge in [-0.15, -0.1) is 0 Å². The predicted molar refractivity (Wildman–Crippen MR) is 70.8 cm³/mol. The highest BCUT2D eigenvalue weighted by Crippen LogP contribution is 2.43. The maximum Gasteiger partial charge on any atom is 0.310 e. The molecule has 21 heavy (non-hydrogen) atoms. The Hall–Kier alpha value is -1.95. The third-order valence-corrected chi connectivity index (χ3v) is 4.24. The molecule has 2 bridgehead atoms. The van der Waals surface area contributed by atoms with E-state index in [4.69, 9.17) is 4.74 Å². The first-order valence-electron chi connectivity index (χ1n) is 6.96. The maximum atomic E-state index is 12.8. The van der Waals surface area contributed by atoms with E-state index in [1.807, 2.05) is 0 Å². The summed E-state index contributed by atoms with van der Waals surface area (Å²) < 4.78 is 18.4. The summed E-state index contributed by atoms with van der Waals surface area (Å²) >= 11 is 0. The molecule has 1 aromatic carbocycles. The van der Waals surface area contributed by atoms with Crippen LogP contribution in [-0.4, -0.2) is 29.2 Å². The van der Waals surface area contributed by atoms with Gasteiger partial charge in [-0.05, 0) is 30.5 Å². The maximum absolute atomic E-state index is 12.8. The van der Waals surface area contributed by atoms with Crippen molar-refractivity contribution in [1.82, 2.24) is 5.32 Å². The van der Waals surface area contributed by atoms with Crippen molar-refractivity contribution >= 4 is 11.9 Å². The molecule has 0 radical (unpaired) electrons. The van der Waals surface area contributed by atoms with Gasteiger partial charge in [-0.3, -0.25) is 9.59 Å². The zero-order valence-electron chi connectivity index (χ0n) is 11.3. The average molecular weight is 293 g/mol. The van der Waals surface area contributed by atoms with Crippen LogP contribution in [0.4, 0.5) is 4.39 Å². The van der Waals surface area contributed by atoms with Gasteiger partial charge in [-0.25, -0.2) is 4.39 Å². The molecule has 2 heterocycles. The van der Waals surface area contributed by atoms with E-state index in [9.17, 15) is 19.1 Å². The van der Waals surface area contributed by atoms with E-state index < -0.39 is 17.8 Å². The largest absolute Gasteiger partial charge is 0.481 e. The number of rotatable bonds is 4. The first kappa shape index (κ1) is 14.0. The fourth-order valence-corrected chi connectivity index (χ4v) is 3.23. The smallest absolute Gasteiger partial charge is 0.310 e. The van der Waals surface area contributed by atoms with Gasteiger partial charge in [0.15, 0.2) is 0 Å². The summed E-state index contributed by atoms with van der Waals surface area (Å²) in [6.07, 6.45) is 0.769. The second kappa shape index (κ2) is 5.44. The molecular weight excluding hydrogens is 277 g/mol. The molecule has 1 amide bonds. The lowest BCUT2D eigenvalue weighted by molar-refractivity contribution is -0.147. The van der Waals surface area contributed by atoms with E-state index in [0.29, 0.717) is 6.42 Å². The number of carbonyl (C=O) groups is 2. The number of ether oxygens (including phenoxy) is 1. The van der Waals surface area contributed by atoms with Crippen molar-refractivity contribution in [3.05, 3.63) is 35.6 Å². The van der Waals surface area contributed by atoms with Crippen molar-refractivity contribution in [2.45, 2.75) is 31.6 Å². The summed E-state index contributed by atoms with van der Waals surface area (Å²) in [6, 6.07) is 5.81. The number of aliphatic carboxylic acids is 1. The van der Waals surface area contributed by atoms with Gasteiger partial charge < -0.3 is 15.2 Å². The highest BCUT2D eigenvalue weighted by atomic mass is 19.1. The molecule has 1 aromatic rings. The molecule has 0 spiro atoms. The van der Waals surface area contributed by atoms with Crippen molar-refractivity contribution in [3.63, 3.8) is 0 Å². The number of benzene rings is 1. The van der Waals surface area contributed by atoms with Crippen LogP contribution in [0.2, 0.25) is 0 Å². The lowest BCUT2D eigenvalue weighted by atomic mass is 9.78. The van der Waals surface area contributed by atoms with Crippen LogP contribution < -0.4 is 5.32 Å². The van der Waals surface area contributed by atoms with Gasteiger partial charge in [-0.1, -0.05) is 12.1 Å². The SMILES string of the molecule is O=C(O)[C@H]1[C@H](C(=O)NCc2ccc(F)cc2)[C@H]2CC[C@@H]1O2. The van der Waals surface area contributed by atoms with Crippen LogP contribution in [-0.2, 0) is 20.9 Å². The van der Waals surface area contributed by atoms with Crippen molar-refractivity contribution in [2.75, 3.05) is 0 Å². The predicted octanol–water partition coefficient (Wildman–Crippen LogP) is 1.32. The first-order valence-corrected chi connectivity index (χ1v) is 6.96. The van der Waals surface area contributed by atoms with E-state index >= 15 is 0 Å². The zero-order valence-corrected chi connectivity index (χ0v) is 11.3. The zero-order chi connectivity index (χ0) is 15.0. The Bertz CT molecular complexity index is 559. The van der Waals surface area contributed by atoms with Crippen LogP contribution in [0.25, 0.3) is 0 Å². The van der Waals surface area contributed by atoms with Crippen LogP contribution in [0.1, 0.15) is 18.4 Å². The Labute approximate surface area is 121 Å². The van der Waals surface area contributed by atoms with Crippen LogP contribution in [0.15, 0.2) is 24.3 Å². The Balaban J connectivity index is 1.64. The van der Waals surface area contributed by atoms with Crippen molar-refractivity contribution < 1.29 is 23.8 Å². The van der Waals surface area contributed by atoms with Crippen LogP contribution in [0.3, 0.4) is 0 Å². The molecule has 0 aliphatic carbocycles. The monoisotopic (exact) mass is 293 g/mol. The van der Waals surface area contributed by atoms with Gasteiger partial charge in [0.05, 0.1) is 24.0 Å². The molecular formula is C15H16FNO4. The van der Waals surface area contributed by atoms with E-state index in [2.05, 4.69) is 5.32 Å². The number of carbonyl (C=O) groups excluding carboxylic acids is 1. The van der Waals surface area contributed by atoms with Gasteiger partial charge in [0.1, 0.15) is 5.82 Å². The normalized spacial score (nSPS) is 30.3. The van der Waals surface area contributed by atoms with Gasteiger partial charge in [0, 0.05) is 6.54 Å². The van der Waals surface area contributed by atoms with Crippen LogP contribution in [0.5, 0.6) is 0 Å². The number of halogens is 1. The van der Waals surface area contributed by atoms with Crippen LogP contribution in [0, 0.1) is 17.7 Å².